The van der Waals surface area contributed by atoms with Crippen LogP contribution in [0.1, 0.15) is 13.8 Å². The number of nitrogens with one attached hydrogen (secondary N) is 2. The van der Waals surface area contributed by atoms with E-state index in [9.17, 15) is 18.8 Å². The van der Waals surface area contributed by atoms with Gasteiger partial charge in [-0.1, -0.05) is 6.07 Å². The second kappa shape index (κ2) is 9.33. The third kappa shape index (κ3) is 6.77. The zero-order valence-electron chi connectivity index (χ0n) is 14.8. The van der Waals surface area contributed by atoms with Gasteiger partial charge >= 0.3 is 5.97 Å². The van der Waals surface area contributed by atoms with E-state index in [0.29, 0.717) is 17.1 Å². The fourth-order valence-electron chi connectivity index (χ4n) is 2.09. The van der Waals surface area contributed by atoms with E-state index in [0.717, 1.165) is 0 Å². The summed E-state index contributed by atoms with van der Waals surface area (Å²) in [6, 6.07) is 11.7. The molecule has 142 valence electrons. The largest absolute Gasteiger partial charge is 0.479 e. The van der Waals surface area contributed by atoms with E-state index in [-0.39, 0.29) is 5.91 Å². The second-order valence-corrected chi connectivity index (χ2v) is 5.63. The van der Waals surface area contributed by atoms with Crippen molar-refractivity contribution >= 4 is 29.2 Å². The molecule has 0 saturated carbocycles. The summed E-state index contributed by atoms with van der Waals surface area (Å²) in [5.41, 5.74) is 0.969. The molecule has 0 aliphatic carbocycles. The minimum atomic E-state index is -0.966. The first kappa shape index (κ1) is 19.9. The molecule has 8 heteroatoms. The molecule has 2 amide bonds. The number of hydrogen-bond acceptors (Lipinski definition) is 5. The van der Waals surface area contributed by atoms with Crippen LogP contribution in [0, 0.1) is 5.82 Å². The van der Waals surface area contributed by atoms with Gasteiger partial charge in [-0.2, -0.15) is 0 Å². The Morgan fingerprint density at radius 1 is 1.04 bits per heavy atom. The van der Waals surface area contributed by atoms with Gasteiger partial charge in [0.15, 0.2) is 12.7 Å². The van der Waals surface area contributed by atoms with Gasteiger partial charge in [-0.25, -0.2) is 9.18 Å². The van der Waals surface area contributed by atoms with E-state index in [4.69, 9.17) is 9.47 Å². The first-order chi connectivity index (χ1) is 12.8. The normalized spacial score (nSPS) is 11.2. The molecule has 0 saturated heterocycles. The van der Waals surface area contributed by atoms with Crippen molar-refractivity contribution in [2.24, 2.45) is 0 Å². The van der Waals surface area contributed by atoms with E-state index in [1.165, 1.54) is 38.1 Å². The zero-order chi connectivity index (χ0) is 19.8. The highest BCUT2D eigenvalue weighted by molar-refractivity contribution is 5.94. The van der Waals surface area contributed by atoms with Crippen LogP contribution in [0.25, 0.3) is 0 Å². The average Bonchev–Trinajstić information content (AvgIpc) is 2.61. The lowest BCUT2D eigenvalue weighted by Gasteiger charge is -2.14. The van der Waals surface area contributed by atoms with Crippen LogP contribution in [-0.4, -0.2) is 30.5 Å². The Hall–Kier alpha value is -3.42. The van der Waals surface area contributed by atoms with E-state index in [1.54, 1.807) is 24.3 Å². The lowest BCUT2D eigenvalue weighted by Crippen LogP contribution is -2.29. The van der Waals surface area contributed by atoms with Gasteiger partial charge in [-0.05, 0) is 49.4 Å². The van der Waals surface area contributed by atoms with E-state index in [1.807, 2.05) is 0 Å². The summed E-state index contributed by atoms with van der Waals surface area (Å²) >= 11 is 0. The summed E-state index contributed by atoms with van der Waals surface area (Å²) in [5.74, 6) is -1.63. The summed E-state index contributed by atoms with van der Waals surface area (Å²) in [4.78, 5) is 34.9. The molecule has 2 rings (SSSR count). The molecule has 2 N–H and O–H groups in total. The van der Waals surface area contributed by atoms with Crippen molar-refractivity contribution in [1.29, 1.82) is 0 Å². The van der Waals surface area contributed by atoms with Gasteiger partial charge in [0.2, 0.25) is 5.91 Å². The molecule has 0 unspecified atom stereocenters. The van der Waals surface area contributed by atoms with Gasteiger partial charge in [0.05, 0.1) is 0 Å². The number of rotatable bonds is 7. The molecule has 1 atom stereocenters. The van der Waals surface area contributed by atoms with Crippen LogP contribution >= 0.6 is 0 Å². The van der Waals surface area contributed by atoms with E-state index < -0.39 is 30.4 Å². The number of halogens is 1. The standard InChI is InChI=1S/C19H19FN2O5/c1-12(27-17-8-6-14(20)7-9-17)19(25)26-11-18(24)22-16-5-3-4-15(10-16)21-13(2)23/h3-10,12H,11H2,1-2H3,(H,21,23)(H,22,24)/t12-/m0/s1. The quantitative estimate of drug-likeness (QED) is 0.727. The van der Waals surface area contributed by atoms with Crippen molar-refractivity contribution < 1.29 is 28.2 Å². The van der Waals surface area contributed by atoms with Crippen LogP contribution in [-0.2, 0) is 19.1 Å². The van der Waals surface area contributed by atoms with Gasteiger partial charge < -0.3 is 20.1 Å². The van der Waals surface area contributed by atoms with Gasteiger partial charge in [0, 0.05) is 18.3 Å². The molecule has 0 aromatic heterocycles. The molecule has 27 heavy (non-hydrogen) atoms. The molecule has 2 aromatic carbocycles. The highest BCUT2D eigenvalue weighted by Crippen LogP contribution is 2.15. The number of carbonyl (C=O) groups is 3. The Labute approximate surface area is 155 Å². The third-order valence-electron chi connectivity index (χ3n) is 3.27. The van der Waals surface area contributed by atoms with Crippen LogP contribution in [0.4, 0.5) is 15.8 Å². The lowest BCUT2D eigenvalue weighted by atomic mass is 10.2. The molecular weight excluding hydrogens is 355 g/mol. The summed E-state index contributed by atoms with van der Waals surface area (Å²) in [7, 11) is 0. The molecule has 0 heterocycles. The van der Waals surface area contributed by atoms with Gasteiger partial charge in [0.25, 0.3) is 5.91 Å². The molecule has 0 aliphatic heterocycles. The van der Waals surface area contributed by atoms with Crippen LogP contribution in [0.2, 0.25) is 0 Å². The van der Waals surface area contributed by atoms with E-state index >= 15 is 0 Å². The predicted molar refractivity (Wildman–Crippen MR) is 96.8 cm³/mol. The van der Waals surface area contributed by atoms with Crippen molar-refractivity contribution in [3.8, 4) is 5.75 Å². The van der Waals surface area contributed by atoms with Crippen LogP contribution < -0.4 is 15.4 Å². The molecule has 0 radical (unpaired) electrons. The molecular formula is C19H19FN2O5. The lowest BCUT2D eigenvalue weighted by molar-refractivity contribution is -0.153. The average molecular weight is 374 g/mol. The van der Waals surface area contributed by atoms with Crippen molar-refractivity contribution in [3.63, 3.8) is 0 Å². The molecule has 7 nitrogen and oxygen atoms in total. The van der Waals surface area contributed by atoms with Crippen LogP contribution in [0.15, 0.2) is 48.5 Å². The molecule has 0 fully saturated rings. The van der Waals surface area contributed by atoms with Crippen molar-refractivity contribution in [3.05, 3.63) is 54.3 Å². The first-order valence-electron chi connectivity index (χ1n) is 8.10. The van der Waals surface area contributed by atoms with Crippen LogP contribution in [0.3, 0.4) is 0 Å². The maximum atomic E-state index is 12.8. The maximum Gasteiger partial charge on any atom is 0.347 e. The number of carbonyl (C=O) groups excluding carboxylic acids is 3. The second-order valence-electron chi connectivity index (χ2n) is 5.63. The van der Waals surface area contributed by atoms with Crippen molar-refractivity contribution in [2.45, 2.75) is 20.0 Å². The summed E-state index contributed by atoms with van der Waals surface area (Å²) < 4.78 is 23.1. The number of esters is 1. The third-order valence-corrected chi connectivity index (χ3v) is 3.27. The Kier molecular flexibility index (Phi) is 6.87. The highest BCUT2D eigenvalue weighted by Gasteiger charge is 2.18. The molecule has 2 aromatic rings. The van der Waals surface area contributed by atoms with Crippen LogP contribution in [0.5, 0.6) is 5.75 Å². The minimum Gasteiger partial charge on any atom is -0.479 e. The Morgan fingerprint density at radius 2 is 1.67 bits per heavy atom. The molecule has 0 bridgehead atoms. The number of benzene rings is 2. The summed E-state index contributed by atoms with van der Waals surface area (Å²) in [6.45, 7) is 2.33. The van der Waals surface area contributed by atoms with Gasteiger partial charge in [-0.3, -0.25) is 9.59 Å². The number of ether oxygens (including phenoxy) is 2. The summed E-state index contributed by atoms with van der Waals surface area (Å²) in [5, 5.41) is 5.15. The predicted octanol–water partition coefficient (Wildman–Crippen LogP) is 2.73. The fourth-order valence-corrected chi connectivity index (χ4v) is 2.09. The smallest absolute Gasteiger partial charge is 0.347 e. The van der Waals surface area contributed by atoms with Crippen molar-refractivity contribution in [2.75, 3.05) is 17.2 Å². The molecule has 0 aliphatic rings. The van der Waals surface area contributed by atoms with Gasteiger partial charge in [0.1, 0.15) is 11.6 Å². The Bertz CT molecular complexity index is 823. The Morgan fingerprint density at radius 3 is 2.30 bits per heavy atom. The van der Waals surface area contributed by atoms with Gasteiger partial charge in [-0.15, -0.1) is 0 Å². The Balaban J connectivity index is 1.81. The highest BCUT2D eigenvalue weighted by atomic mass is 19.1. The van der Waals surface area contributed by atoms with E-state index in [2.05, 4.69) is 10.6 Å². The maximum absolute atomic E-state index is 12.8. The topological polar surface area (TPSA) is 93.7 Å². The van der Waals surface area contributed by atoms with Crippen molar-refractivity contribution in [1.82, 2.24) is 0 Å². The number of anilines is 2. The fraction of sp³-hybridized carbons (Fsp3) is 0.211. The molecule has 0 spiro atoms. The summed E-state index contributed by atoms with van der Waals surface area (Å²) in [6.07, 6.45) is -0.966. The monoisotopic (exact) mass is 374 g/mol. The number of hydrogen-bond donors (Lipinski definition) is 2. The number of amides is 2. The SMILES string of the molecule is CC(=O)Nc1cccc(NC(=O)COC(=O)[C@H](C)Oc2ccc(F)cc2)c1. The first-order valence-corrected chi connectivity index (χ1v) is 8.10. The zero-order valence-corrected chi connectivity index (χ0v) is 14.8. The minimum absolute atomic E-state index is 0.234.